The molecule has 0 N–H and O–H groups in total. The van der Waals surface area contributed by atoms with Crippen LogP contribution in [0.4, 0.5) is 0 Å². The molecule has 0 bridgehead atoms. The van der Waals surface area contributed by atoms with Gasteiger partial charge in [0, 0.05) is 18.0 Å². The average molecular weight is 227 g/mol. The van der Waals surface area contributed by atoms with Crippen LogP contribution in [0, 0.1) is 11.3 Å². The van der Waals surface area contributed by atoms with Gasteiger partial charge in [-0.2, -0.15) is 0 Å². The van der Waals surface area contributed by atoms with Gasteiger partial charge in [-0.3, -0.25) is 4.79 Å². The van der Waals surface area contributed by atoms with Crippen molar-refractivity contribution in [2.24, 2.45) is 11.3 Å². The summed E-state index contributed by atoms with van der Waals surface area (Å²) in [6.07, 6.45) is 2.37. The van der Waals surface area contributed by atoms with Gasteiger partial charge < -0.3 is 4.90 Å². The number of amides is 1. The number of carbonyl (C=O) groups excluding carboxylic acids is 1. The molecule has 0 radical (unpaired) electrons. The molecule has 0 aromatic rings. The highest BCUT2D eigenvalue weighted by Gasteiger charge is 2.37. The molecule has 1 amide bonds. The highest BCUT2D eigenvalue weighted by atomic mass is 16.2. The summed E-state index contributed by atoms with van der Waals surface area (Å²) in [4.78, 5) is 14.1. The fourth-order valence-corrected chi connectivity index (χ4v) is 2.27. The van der Waals surface area contributed by atoms with Crippen LogP contribution in [0.5, 0.6) is 0 Å². The first-order chi connectivity index (χ1) is 7.38. The van der Waals surface area contributed by atoms with E-state index in [-0.39, 0.29) is 5.41 Å². The lowest BCUT2D eigenvalue weighted by atomic mass is 9.93. The molecule has 1 heterocycles. The molecule has 1 rings (SSSR count). The van der Waals surface area contributed by atoms with Crippen LogP contribution in [0.1, 0.15) is 61.3 Å². The molecule has 1 aliphatic rings. The van der Waals surface area contributed by atoms with Crippen LogP contribution in [0.3, 0.4) is 0 Å². The SMILES string of the molecule is CC.CCC1CCN(C(=O)C(C)(C)C)C1C. The molecule has 2 nitrogen and oxygen atoms in total. The highest BCUT2D eigenvalue weighted by molar-refractivity contribution is 5.82. The van der Waals surface area contributed by atoms with Crippen LogP contribution in [0.25, 0.3) is 0 Å². The molecule has 0 aromatic carbocycles. The van der Waals surface area contributed by atoms with E-state index in [4.69, 9.17) is 0 Å². The molecule has 16 heavy (non-hydrogen) atoms. The number of nitrogens with zero attached hydrogens (tertiary/aromatic N) is 1. The Morgan fingerprint density at radius 3 is 2.12 bits per heavy atom. The summed E-state index contributed by atoms with van der Waals surface area (Å²) >= 11 is 0. The maximum Gasteiger partial charge on any atom is 0.228 e. The van der Waals surface area contributed by atoms with E-state index in [1.54, 1.807) is 0 Å². The van der Waals surface area contributed by atoms with Gasteiger partial charge in [-0.15, -0.1) is 0 Å². The van der Waals surface area contributed by atoms with Gasteiger partial charge in [0.25, 0.3) is 0 Å². The first-order valence-corrected chi connectivity index (χ1v) is 6.69. The van der Waals surface area contributed by atoms with Gasteiger partial charge in [-0.25, -0.2) is 0 Å². The summed E-state index contributed by atoms with van der Waals surface area (Å²) in [5.41, 5.74) is -0.225. The van der Waals surface area contributed by atoms with Gasteiger partial charge in [0.15, 0.2) is 0 Å². The van der Waals surface area contributed by atoms with E-state index in [2.05, 4.69) is 18.7 Å². The Hall–Kier alpha value is -0.530. The third-order valence-electron chi connectivity index (χ3n) is 3.34. The lowest BCUT2D eigenvalue weighted by Gasteiger charge is -2.30. The summed E-state index contributed by atoms with van der Waals surface area (Å²) in [5.74, 6) is 1.02. The van der Waals surface area contributed by atoms with Crippen molar-refractivity contribution < 1.29 is 4.79 Å². The third kappa shape index (κ3) is 3.50. The van der Waals surface area contributed by atoms with Crippen molar-refractivity contribution in [3.8, 4) is 0 Å². The van der Waals surface area contributed by atoms with Crippen LogP contribution in [0.15, 0.2) is 0 Å². The molecule has 1 saturated heterocycles. The largest absolute Gasteiger partial charge is 0.339 e. The van der Waals surface area contributed by atoms with E-state index >= 15 is 0 Å². The van der Waals surface area contributed by atoms with Crippen molar-refractivity contribution in [1.82, 2.24) is 4.90 Å². The average Bonchev–Trinajstić information content (AvgIpc) is 2.60. The molecular weight excluding hydrogens is 198 g/mol. The van der Waals surface area contributed by atoms with Crippen molar-refractivity contribution >= 4 is 5.91 Å². The third-order valence-corrected chi connectivity index (χ3v) is 3.34. The summed E-state index contributed by atoms with van der Waals surface area (Å²) in [7, 11) is 0. The second-order valence-electron chi connectivity index (χ2n) is 5.45. The minimum atomic E-state index is -0.225. The minimum absolute atomic E-state index is 0.225. The van der Waals surface area contributed by atoms with Crippen molar-refractivity contribution in [2.75, 3.05) is 6.54 Å². The zero-order valence-electron chi connectivity index (χ0n) is 12.1. The first kappa shape index (κ1) is 15.5. The maximum atomic E-state index is 12.1. The Morgan fingerprint density at radius 1 is 1.31 bits per heavy atom. The summed E-state index contributed by atoms with van der Waals surface area (Å²) in [6, 6.07) is 0.437. The number of hydrogen-bond acceptors (Lipinski definition) is 1. The molecule has 0 aromatic heterocycles. The quantitative estimate of drug-likeness (QED) is 0.669. The van der Waals surface area contributed by atoms with Gasteiger partial charge in [-0.05, 0) is 19.3 Å². The maximum absolute atomic E-state index is 12.1. The zero-order chi connectivity index (χ0) is 12.9. The lowest BCUT2D eigenvalue weighted by molar-refractivity contribution is -0.140. The van der Waals surface area contributed by atoms with Crippen molar-refractivity contribution in [3.63, 3.8) is 0 Å². The van der Waals surface area contributed by atoms with E-state index in [9.17, 15) is 4.79 Å². The summed E-state index contributed by atoms with van der Waals surface area (Å²) < 4.78 is 0. The zero-order valence-corrected chi connectivity index (χ0v) is 12.1. The number of rotatable bonds is 1. The molecule has 96 valence electrons. The van der Waals surface area contributed by atoms with Crippen molar-refractivity contribution in [2.45, 2.75) is 67.3 Å². The van der Waals surface area contributed by atoms with Crippen LogP contribution in [-0.4, -0.2) is 23.4 Å². The summed E-state index contributed by atoms with van der Waals surface area (Å²) in [5, 5.41) is 0. The van der Waals surface area contributed by atoms with E-state index in [1.807, 2.05) is 34.6 Å². The standard InChI is InChI=1S/C12H23NO.C2H6/c1-6-10-7-8-13(9(10)2)11(14)12(3,4)5;1-2/h9-10H,6-8H2,1-5H3;1-2H3. The van der Waals surface area contributed by atoms with Gasteiger partial charge in [0.05, 0.1) is 0 Å². The molecule has 2 unspecified atom stereocenters. The Labute approximate surface area is 101 Å². The van der Waals surface area contributed by atoms with Gasteiger partial charge in [0.2, 0.25) is 5.91 Å². The van der Waals surface area contributed by atoms with Crippen molar-refractivity contribution in [3.05, 3.63) is 0 Å². The number of carbonyl (C=O) groups is 1. The van der Waals surface area contributed by atoms with Crippen LogP contribution in [0.2, 0.25) is 0 Å². The predicted molar refractivity (Wildman–Crippen MR) is 70.4 cm³/mol. The molecule has 0 aliphatic carbocycles. The second-order valence-corrected chi connectivity index (χ2v) is 5.45. The Bertz CT molecular complexity index is 217. The fourth-order valence-electron chi connectivity index (χ4n) is 2.27. The molecule has 2 atom stereocenters. The number of hydrogen-bond donors (Lipinski definition) is 0. The van der Waals surface area contributed by atoms with Gasteiger partial charge in [0.1, 0.15) is 0 Å². The Morgan fingerprint density at radius 2 is 1.81 bits per heavy atom. The predicted octanol–water partition coefficient (Wildman–Crippen LogP) is 3.71. The normalized spacial score (nSPS) is 25.1. The smallest absolute Gasteiger partial charge is 0.228 e. The van der Waals surface area contributed by atoms with Gasteiger partial charge >= 0.3 is 0 Å². The van der Waals surface area contributed by atoms with E-state index in [0.717, 1.165) is 6.54 Å². The molecule has 2 heteroatoms. The van der Waals surface area contributed by atoms with Crippen LogP contribution in [-0.2, 0) is 4.79 Å². The van der Waals surface area contributed by atoms with Gasteiger partial charge in [-0.1, -0.05) is 48.0 Å². The monoisotopic (exact) mass is 227 g/mol. The topological polar surface area (TPSA) is 20.3 Å². The number of likely N-dealkylation sites (tertiary alicyclic amines) is 1. The summed E-state index contributed by atoms with van der Waals surface area (Å²) in [6.45, 7) is 15.4. The molecule has 1 aliphatic heterocycles. The first-order valence-electron chi connectivity index (χ1n) is 6.69. The van der Waals surface area contributed by atoms with Crippen LogP contribution >= 0.6 is 0 Å². The molecule has 0 saturated carbocycles. The van der Waals surface area contributed by atoms with E-state index in [0.29, 0.717) is 17.9 Å². The molecule has 1 fully saturated rings. The molecular formula is C14H29NO. The molecule has 0 spiro atoms. The Balaban J connectivity index is 0.00000106. The minimum Gasteiger partial charge on any atom is -0.339 e. The lowest BCUT2D eigenvalue weighted by Crippen LogP contribution is -2.42. The fraction of sp³-hybridized carbons (Fsp3) is 0.929. The van der Waals surface area contributed by atoms with E-state index < -0.39 is 0 Å². The van der Waals surface area contributed by atoms with Crippen molar-refractivity contribution in [1.29, 1.82) is 0 Å². The highest BCUT2D eigenvalue weighted by Crippen LogP contribution is 2.30. The van der Waals surface area contributed by atoms with Crippen LogP contribution < -0.4 is 0 Å². The second kappa shape index (κ2) is 6.27. The van der Waals surface area contributed by atoms with E-state index in [1.165, 1.54) is 12.8 Å². The Kier molecular flexibility index (Phi) is 6.06.